The predicted molar refractivity (Wildman–Crippen MR) is 86.0 cm³/mol. The van der Waals surface area contributed by atoms with Crippen LogP contribution in [0.4, 0.5) is 0 Å². The Morgan fingerprint density at radius 1 is 1.33 bits per heavy atom. The van der Waals surface area contributed by atoms with Crippen LogP contribution in [0.25, 0.3) is 0 Å². The minimum atomic E-state index is -0.499. The second kappa shape index (κ2) is 6.59. The van der Waals surface area contributed by atoms with Crippen LogP contribution in [0.3, 0.4) is 0 Å². The van der Waals surface area contributed by atoms with E-state index in [0.29, 0.717) is 0 Å². The minimum absolute atomic E-state index is 0.0357. The van der Waals surface area contributed by atoms with Crippen molar-refractivity contribution >= 4 is 11.8 Å². The summed E-state index contributed by atoms with van der Waals surface area (Å²) >= 11 is 2.02. The molecule has 4 heteroatoms. The maximum Gasteiger partial charge on any atom is 0.125 e. The summed E-state index contributed by atoms with van der Waals surface area (Å²) in [6.45, 7) is 2.57. The van der Waals surface area contributed by atoms with Crippen LogP contribution in [0.1, 0.15) is 44.3 Å². The SMILES string of the molecule is CC(O)c1ccccc1OC1CCOC2(CCSCC2)C1. The monoisotopic (exact) mass is 308 g/mol. The van der Waals surface area contributed by atoms with E-state index in [-0.39, 0.29) is 11.7 Å². The molecule has 2 aliphatic rings. The highest BCUT2D eigenvalue weighted by atomic mass is 32.2. The Morgan fingerprint density at radius 2 is 2.10 bits per heavy atom. The number of thioether (sulfide) groups is 1. The van der Waals surface area contributed by atoms with E-state index in [1.165, 1.54) is 11.5 Å². The van der Waals surface area contributed by atoms with E-state index in [2.05, 4.69) is 0 Å². The summed E-state index contributed by atoms with van der Waals surface area (Å²) in [6.07, 6.45) is 3.87. The molecule has 2 heterocycles. The van der Waals surface area contributed by atoms with Crippen LogP contribution >= 0.6 is 11.8 Å². The zero-order valence-corrected chi connectivity index (χ0v) is 13.4. The molecule has 0 amide bonds. The summed E-state index contributed by atoms with van der Waals surface area (Å²) in [4.78, 5) is 0. The molecule has 0 aromatic heterocycles. The molecule has 1 aromatic carbocycles. The quantitative estimate of drug-likeness (QED) is 0.926. The molecule has 1 spiro atoms. The number of aliphatic hydroxyl groups excluding tert-OH is 1. The molecule has 2 atom stereocenters. The Labute approximate surface area is 131 Å². The van der Waals surface area contributed by atoms with Crippen molar-refractivity contribution in [1.29, 1.82) is 0 Å². The third-order valence-electron chi connectivity index (χ3n) is 4.51. The highest BCUT2D eigenvalue weighted by Crippen LogP contribution is 2.39. The maximum absolute atomic E-state index is 9.87. The highest BCUT2D eigenvalue weighted by Gasteiger charge is 2.39. The molecule has 2 unspecified atom stereocenters. The summed E-state index contributed by atoms with van der Waals surface area (Å²) in [5.74, 6) is 3.20. The smallest absolute Gasteiger partial charge is 0.125 e. The van der Waals surface area contributed by atoms with Crippen molar-refractivity contribution < 1.29 is 14.6 Å². The van der Waals surface area contributed by atoms with Crippen molar-refractivity contribution in [2.24, 2.45) is 0 Å². The molecule has 0 radical (unpaired) electrons. The lowest BCUT2D eigenvalue weighted by atomic mass is 9.86. The van der Waals surface area contributed by atoms with Gasteiger partial charge in [0.25, 0.3) is 0 Å². The Kier molecular flexibility index (Phi) is 4.77. The molecular weight excluding hydrogens is 284 g/mol. The standard InChI is InChI=1S/C17H24O3S/c1-13(18)15-4-2-3-5-16(15)20-14-6-9-19-17(12-14)7-10-21-11-8-17/h2-5,13-14,18H,6-12H2,1H3. The third-order valence-corrected chi connectivity index (χ3v) is 5.50. The molecule has 0 saturated carbocycles. The van der Waals surface area contributed by atoms with E-state index in [1.807, 2.05) is 36.0 Å². The van der Waals surface area contributed by atoms with Crippen molar-refractivity contribution in [2.75, 3.05) is 18.1 Å². The first-order chi connectivity index (χ1) is 10.2. The Balaban J connectivity index is 1.70. The van der Waals surface area contributed by atoms with Gasteiger partial charge >= 0.3 is 0 Å². The van der Waals surface area contributed by atoms with Gasteiger partial charge in [-0.1, -0.05) is 18.2 Å². The van der Waals surface area contributed by atoms with Crippen LogP contribution in [0.5, 0.6) is 5.75 Å². The molecule has 0 bridgehead atoms. The van der Waals surface area contributed by atoms with E-state index in [9.17, 15) is 5.11 Å². The van der Waals surface area contributed by atoms with Gasteiger partial charge in [0.1, 0.15) is 11.9 Å². The molecule has 0 aliphatic carbocycles. The van der Waals surface area contributed by atoms with Crippen molar-refractivity contribution in [3.8, 4) is 5.75 Å². The average molecular weight is 308 g/mol. The lowest BCUT2D eigenvalue weighted by Gasteiger charge is -2.43. The van der Waals surface area contributed by atoms with Gasteiger partial charge in [-0.15, -0.1) is 0 Å². The summed E-state index contributed by atoms with van der Waals surface area (Å²) < 4.78 is 12.3. The van der Waals surface area contributed by atoms with Gasteiger partial charge in [-0.2, -0.15) is 11.8 Å². The Hall–Kier alpha value is -0.710. The number of benzene rings is 1. The largest absolute Gasteiger partial charge is 0.490 e. The van der Waals surface area contributed by atoms with Gasteiger partial charge in [-0.3, -0.25) is 0 Å². The average Bonchev–Trinajstić information content (AvgIpc) is 2.48. The molecule has 3 nitrogen and oxygen atoms in total. The molecule has 2 saturated heterocycles. The summed E-state index contributed by atoms with van der Waals surface area (Å²) in [5, 5.41) is 9.87. The van der Waals surface area contributed by atoms with Crippen molar-refractivity contribution in [3.63, 3.8) is 0 Å². The third kappa shape index (κ3) is 3.55. The van der Waals surface area contributed by atoms with Gasteiger partial charge in [0, 0.05) is 18.4 Å². The first kappa shape index (κ1) is 15.2. The van der Waals surface area contributed by atoms with Crippen LogP contribution in [0.15, 0.2) is 24.3 Å². The van der Waals surface area contributed by atoms with Gasteiger partial charge in [-0.05, 0) is 37.3 Å². The van der Waals surface area contributed by atoms with Gasteiger partial charge in [-0.25, -0.2) is 0 Å². The lowest BCUT2D eigenvalue weighted by molar-refractivity contribution is -0.116. The van der Waals surface area contributed by atoms with E-state index < -0.39 is 6.10 Å². The number of rotatable bonds is 3. The summed E-state index contributed by atoms with van der Waals surface area (Å²) in [5.41, 5.74) is 0.908. The van der Waals surface area contributed by atoms with Gasteiger partial charge in [0.05, 0.1) is 18.3 Å². The van der Waals surface area contributed by atoms with Crippen LogP contribution in [-0.2, 0) is 4.74 Å². The normalized spacial score (nSPS) is 26.5. The first-order valence-corrected chi connectivity index (χ1v) is 8.99. The fourth-order valence-electron chi connectivity index (χ4n) is 3.29. The van der Waals surface area contributed by atoms with Crippen LogP contribution < -0.4 is 4.74 Å². The van der Waals surface area contributed by atoms with E-state index in [1.54, 1.807) is 6.92 Å². The lowest BCUT2D eigenvalue weighted by Crippen LogP contribution is -2.46. The second-order valence-corrected chi connectivity index (χ2v) is 7.32. The van der Waals surface area contributed by atoms with Crippen LogP contribution in [0.2, 0.25) is 0 Å². The van der Waals surface area contributed by atoms with Crippen LogP contribution in [0, 0.1) is 0 Å². The van der Waals surface area contributed by atoms with Gasteiger partial charge in [0.2, 0.25) is 0 Å². The van der Waals surface area contributed by atoms with Crippen molar-refractivity contribution in [2.45, 2.75) is 50.4 Å². The van der Waals surface area contributed by atoms with E-state index in [0.717, 1.165) is 43.6 Å². The molecule has 1 aromatic rings. The van der Waals surface area contributed by atoms with Gasteiger partial charge in [0.15, 0.2) is 0 Å². The maximum atomic E-state index is 9.87. The van der Waals surface area contributed by atoms with Gasteiger partial charge < -0.3 is 14.6 Å². The minimum Gasteiger partial charge on any atom is -0.490 e. The predicted octanol–water partition coefficient (Wildman–Crippen LogP) is 3.56. The summed E-state index contributed by atoms with van der Waals surface area (Å²) in [7, 11) is 0. The number of hydrogen-bond acceptors (Lipinski definition) is 4. The highest BCUT2D eigenvalue weighted by molar-refractivity contribution is 7.99. The van der Waals surface area contributed by atoms with Crippen molar-refractivity contribution in [1.82, 2.24) is 0 Å². The number of para-hydroxylation sites is 1. The number of hydrogen-bond donors (Lipinski definition) is 1. The molecule has 116 valence electrons. The molecule has 2 aliphatic heterocycles. The number of ether oxygens (including phenoxy) is 2. The topological polar surface area (TPSA) is 38.7 Å². The summed E-state index contributed by atoms with van der Waals surface area (Å²) in [6, 6.07) is 7.81. The Morgan fingerprint density at radius 3 is 2.86 bits per heavy atom. The van der Waals surface area contributed by atoms with Crippen molar-refractivity contribution in [3.05, 3.63) is 29.8 Å². The molecule has 1 N–H and O–H groups in total. The molecule has 3 rings (SSSR count). The van der Waals surface area contributed by atoms with Crippen LogP contribution in [-0.4, -0.2) is 34.9 Å². The fourth-order valence-corrected chi connectivity index (χ4v) is 4.52. The Bertz CT molecular complexity index is 463. The zero-order chi connectivity index (χ0) is 14.7. The first-order valence-electron chi connectivity index (χ1n) is 7.84. The molecule has 21 heavy (non-hydrogen) atoms. The van der Waals surface area contributed by atoms with E-state index in [4.69, 9.17) is 9.47 Å². The number of aliphatic hydroxyl groups is 1. The fraction of sp³-hybridized carbons (Fsp3) is 0.647. The van der Waals surface area contributed by atoms with E-state index >= 15 is 0 Å². The molecule has 2 fully saturated rings. The second-order valence-electron chi connectivity index (χ2n) is 6.09. The molecular formula is C17H24O3S. The zero-order valence-electron chi connectivity index (χ0n) is 12.6.